The summed E-state index contributed by atoms with van der Waals surface area (Å²) in [5, 5.41) is 14.5. The quantitative estimate of drug-likeness (QED) is 0.827. The Labute approximate surface area is 155 Å². The minimum absolute atomic E-state index is 0.117. The van der Waals surface area contributed by atoms with Gasteiger partial charge >= 0.3 is 12.1 Å². The molecule has 0 aliphatic carbocycles. The van der Waals surface area contributed by atoms with E-state index in [4.69, 9.17) is 9.90 Å². The first-order valence-corrected chi connectivity index (χ1v) is 8.97. The van der Waals surface area contributed by atoms with Gasteiger partial charge in [-0.2, -0.15) is 18.3 Å². The summed E-state index contributed by atoms with van der Waals surface area (Å²) in [6.45, 7) is 9.25. The SMILES string of the molecule is CC(C)CN1CCc2[nH]nc(C(=O)N3CCCC3)c2C1.O=C(O)C(F)(F)F. The summed E-state index contributed by atoms with van der Waals surface area (Å²) in [6.07, 6.45) is -1.86. The number of amides is 1. The number of nitrogens with one attached hydrogen (secondary N) is 1. The molecular formula is C17H25F3N4O3. The minimum atomic E-state index is -5.08. The monoisotopic (exact) mass is 390 g/mol. The third-order valence-electron chi connectivity index (χ3n) is 4.47. The maximum atomic E-state index is 12.5. The molecule has 0 bridgehead atoms. The van der Waals surface area contributed by atoms with Crippen molar-refractivity contribution in [2.24, 2.45) is 5.92 Å². The number of rotatable bonds is 3. The van der Waals surface area contributed by atoms with Gasteiger partial charge in [-0.25, -0.2) is 4.79 Å². The Hall–Kier alpha value is -2.10. The molecule has 10 heteroatoms. The van der Waals surface area contributed by atoms with Crippen LogP contribution in [0.25, 0.3) is 0 Å². The van der Waals surface area contributed by atoms with Crippen LogP contribution in [0.15, 0.2) is 0 Å². The Morgan fingerprint density at radius 1 is 1.22 bits per heavy atom. The third kappa shape index (κ3) is 5.69. The Morgan fingerprint density at radius 3 is 2.33 bits per heavy atom. The third-order valence-corrected chi connectivity index (χ3v) is 4.47. The zero-order valence-electron chi connectivity index (χ0n) is 15.5. The van der Waals surface area contributed by atoms with Gasteiger partial charge in [-0.3, -0.25) is 14.8 Å². The predicted octanol–water partition coefficient (Wildman–Crippen LogP) is 2.29. The van der Waals surface area contributed by atoms with Crippen LogP contribution in [-0.2, 0) is 17.8 Å². The minimum Gasteiger partial charge on any atom is -0.475 e. The summed E-state index contributed by atoms with van der Waals surface area (Å²) in [4.78, 5) is 25.8. The second kappa shape index (κ2) is 8.73. The highest BCUT2D eigenvalue weighted by molar-refractivity contribution is 5.94. The van der Waals surface area contributed by atoms with Crippen LogP contribution in [-0.4, -0.2) is 69.3 Å². The number of hydrogen-bond donors (Lipinski definition) is 2. The number of carbonyl (C=O) groups is 2. The predicted molar refractivity (Wildman–Crippen MR) is 91.2 cm³/mol. The molecule has 0 saturated carbocycles. The molecule has 0 spiro atoms. The van der Waals surface area contributed by atoms with E-state index >= 15 is 0 Å². The first-order valence-electron chi connectivity index (χ1n) is 8.97. The lowest BCUT2D eigenvalue weighted by Crippen LogP contribution is -2.35. The van der Waals surface area contributed by atoms with E-state index in [9.17, 15) is 18.0 Å². The van der Waals surface area contributed by atoms with Gasteiger partial charge < -0.3 is 10.0 Å². The normalized spacial score (nSPS) is 17.5. The van der Waals surface area contributed by atoms with Crippen LogP contribution in [0.3, 0.4) is 0 Å². The molecule has 152 valence electrons. The number of halogens is 3. The highest BCUT2D eigenvalue weighted by Crippen LogP contribution is 2.23. The van der Waals surface area contributed by atoms with E-state index in [0.29, 0.717) is 11.6 Å². The Bertz CT molecular complexity index is 667. The number of aromatic nitrogens is 2. The summed E-state index contributed by atoms with van der Waals surface area (Å²) in [6, 6.07) is 0. The van der Waals surface area contributed by atoms with Gasteiger partial charge in [0.25, 0.3) is 5.91 Å². The maximum absolute atomic E-state index is 12.5. The van der Waals surface area contributed by atoms with E-state index in [-0.39, 0.29) is 5.91 Å². The second-order valence-corrected chi connectivity index (χ2v) is 7.21. The lowest BCUT2D eigenvalue weighted by atomic mass is 10.0. The second-order valence-electron chi connectivity index (χ2n) is 7.21. The molecule has 0 atom stereocenters. The van der Waals surface area contributed by atoms with Crippen molar-refractivity contribution in [2.45, 2.75) is 45.8 Å². The highest BCUT2D eigenvalue weighted by atomic mass is 19.4. The van der Waals surface area contributed by atoms with Crippen LogP contribution < -0.4 is 0 Å². The molecule has 1 saturated heterocycles. The van der Waals surface area contributed by atoms with E-state index in [1.807, 2.05) is 4.90 Å². The summed E-state index contributed by atoms with van der Waals surface area (Å²) >= 11 is 0. The lowest BCUT2D eigenvalue weighted by Gasteiger charge is -2.28. The van der Waals surface area contributed by atoms with E-state index in [1.165, 1.54) is 0 Å². The fraction of sp³-hybridized carbons (Fsp3) is 0.706. The van der Waals surface area contributed by atoms with Crippen molar-refractivity contribution >= 4 is 11.9 Å². The molecule has 0 aromatic carbocycles. The van der Waals surface area contributed by atoms with Gasteiger partial charge in [0.1, 0.15) is 0 Å². The van der Waals surface area contributed by atoms with Crippen molar-refractivity contribution in [3.8, 4) is 0 Å². The highest BCUT2D eigenvalue weighted by Gasteiger charge is 2.38. The molecule has 1 aromatic heterocycles. The summed E-state index contributed by atoms with van der Waals surface area (Å²) < 4.78 is 31.7. The molecule has 27 heavy (non-hydrogen) atoms. The summed E-state index contributed by atoms with van der Waals surface area (Å²) in [5.74, 6) is -1.99. The van der Waals surface area contributed by atoms with Crippen molar-refractivity contribution < 1.29 is 27.9 Å². The molecule has 1 amide bonds. The molecule has 3 heterocycles. The van der Waals surface area contributed by atoms with E-state index in [0.717, 1.165) is 63.2 Å². The molecule has 1 aromatic rings. The smallest absolute Gasteiger partial charge is 0.475 e. The van der Waals surface area contributed by atoms with Gasteiger partial charge in [0, 0.05) is 50.4 Å². The van der Waals surface area contributed by atoms with E-state index < -0.39 is 12.1 Å². The average Bonchev–Trinajstić information content (AvgIpc) is 3.23. The molecule has 7 nitrogen and oxygen atoms in total. The van der Waals surface area contributed by atoms with Crippen LogP contribution in [0.1, 0.15) is 48.4 Å². The Balaban J connectivity index is 0.000000321. The van der Waals surface area contributed by atoms with Gasteiger partial charge in [-0.15, -0.1) is 0 Å². The van der Waals surface area contributed by atoms with Crippen molar-refractivity contribution in [3.05, 3.63) is 17.0 Å². The fourth-order valence-electron chi connectivity index (χ4n) is 3.27. The number of nitrogens with zero attached hydrogens (tertiary/aromatic N) is 3. The average molecular weight is 390 g/mol. The van der Waals surface area contributed by atoms with Crippen LogP contribution in [0.2, 0.25) is 0 Å². The van der Waals surface area contributed by atoms with Crippen molar-refractivity contribution in [1.82, 2.24) is 20.0 Å². The Kier molecular flexibility index (Phi) is 6.85. The fourth-order valence-corrected chi connectivity index (χ4v) is 3.27. The molecule has 0 unspecified atom stereocenters. The molecule has 2 aliphatic rings. The van der Waals surface area contributed by atoms with Gasteiger partial charge in [0.15, 0.2) is 5.69 Å². The number of carbonyl (C=O) groups excluding carboxylic acids is 1. The molecule has 0 radical (unpaired) electrons. The van der Waals surface area contributed by atoms with Gasteiger partial charge in [0.05, 0.1) is 0 Å². The van der Waals surface area contributed by atoms with Crippen LogP contribution in [0.4, 0.5) is 13.2 Å². The molecule has 1 fully saturated rings. The molecule has 2 N–H and O–H groups in total. The van der Waals surface area contributed by atoms with E-state index in [2.05, 4.69) is 28.9 Å². The number of carboxylic acids is 1. The summed E-state index contributed by atoms with van der Waals surface area (Å²) in [5.41, 5.74) is 2.96. The topological polar surface area (TPSA) is 89.5 Å². The van der Waals surface area contributed by atoms with Gasteiger partial charge in [-0.05, 0) is 18.8 Å². The van der Waals surface area contributed by atoms with Crippen molar-refractivity contribution in [3.63, 3.8) is 0 Å². The number of likely N-dealkylation sites (tertiary alicyclic amines) is 1. The first kappa shape index (κ1) is 21.2. The number of fused-ring (bicyclic) bond motifs is 1. The lowest BCUT2D eigenvalue weighted by molar-refractivity contribution is -0.192. The maximum Gasteiger partial charge on any atom is 0.490 e. The molecular weight excluding hydrogens is 365 g/mol. The van der Waals surface area contributed by atoms with Gasteiger partial charge in [0.2, 0.25) is 0 Å². The number of aliphatic carboxylic acids is 1. The van der Waals surface area contributed by atoms with Crippen molar-refractivity contribution in [1.29, 1.82) is 0 Å². The van der Waals surface area contributed by atoms with Crippen LogP contribution in [0.5, 0.6) is 0 Å². The number of alkyl halides is 3. The zero-order valence-corrected chi connectivity index (χ0v) is 15.5. The number of H-pyrrole nitrogens is 1. The van der Waals surface area contributed by atoms with E-state index in [1.54, 1.807) is 0 Å². The first-order chi connectivity index (χ1) is 12.6. The number of carboxylic acid groups (broad SMARTS) is 1. The van der Waals surface area contributed by atoms with Crippen molar-refractivity contribution in [2.75, 3.05) is 26.2 Å². The Morgan fingerprint density at radius 2 is 1.81 bits per heavy atom. The van der Waals surface area contributed by atoms with Gasteiger partial charge in [-0.1, -0.05) is 13.8 Å². The zero-order chi connectivity index (χ0) is 20.2. The molecule has 3 rings (SSSR count). The number of aromatic amines is 1. The van der Waals surface area contributed by atoms with Crippen LogP contribution in [0, 0.1) is 5.92 Å². The van der Waals surface area contributed by atoms with Crippen LogP contribution >= 0.6 is 0 Å². The molecule has 2 aliphatic heterocycles. The summed E-state index contributed by atoms with van der Waals surface area (Å²) in [7, 11) is 0. The number of hydrogen-bond acceptors (Lipinski definition) is 4. The largest absolute Gasteiger partial charge is 0.490 e. The standard InChI is InChI=1S/C15H24N4O.C2HF3O2/c1-11(2)9-18-8-5-13-12(10-18)14(17-16-13)15(20)19-6-3-4-7-19;3-2(4,5)1(6)7/h11H,3-10H2,1-2H3,(H,16,17);(H,6,7).